The molecule has 0 amide bonds. The zero-order valence-corrected chi connectivity index (χ0v) is 14.4. The van der Waals surface area contributed by atoms with E-state index in [0.29, 0.717) is 12.4 Å². The van der Waals surface area contributed by atoms with Crippen molar-refractivity contribution in [1.29, 1.82) is 0 Å². The van der Waals surface area contributed by atoms with Gasteiger partial charge in [-0.05, 0) is 55.8 Å². The Hall–Kier alpha value is -2.24. The Morgan fingerprint density at radius 3 is 2.04 bits per heavy atom. The van der Waals surface area contributed by atoms with Gasteiger partial charge in [0.2, 0.25) is 0 Å². The highest BCUT2D eigenvalue weighted by molar-refractivity contribution is 5.35. The van der Waals surface area contributed by atoms with Gasteiger partial charge in [0, 0.05) is 6.54 Å². The molecule has 2 unspecified atom stereocenters. The van der Waals surface area contributed by atoms with Gasteiger partial charge >= 0.3 is 0 Å². The summed E-state index contributed by atoms with van der Waals surface area (Å²) < 4.78 is 16.7. The average molecular weight is 331 g/mol. The van der Waals surface area contributed by atoms with Crippen LogP contribution in [-0.2, 0) is 5.60 Å². The first-order valence-electron chi connectivity index (χ1n) is 7.98. The number of nitrogens with two attached hydrogens (primary N) is 1. The summed E-state index contributed by atoms with van der Waals surface area (Å²) in [6, 6.07) is 14.7. The molecule has 2 atom stereocenters. The minimum absolute atomic E-state index is 0.0832. The van der Waals surface area contributed by atoms with Gasteiger partial charge in [-0.15, -0.1) is 0 Å². The summed E-state index contributed by atoms with van der Waals surface area (Å²) in [4.78, 5) is 0. The van der Waals surface area contributed by atoms with Crippen molar-refractivity contribution >= 4 is 0 Å². The third kappa shape index (κ3) is 3.99. The van der Waals surface area contributed by atoms with Crippen molar-refractivity contribution in [2.75, 3.05) is 20.3 Å². The minimum atomic E-state index is -0.978. The average Bonchev–Trinajstić information content (AvgIpc) is 2.62. The number of methoxy groups -OCH3 is 1. The van der Waals surface area contributed by atoms with Crippen LogP contribution in [0.25, 0.3) is 0 Å². The lowest BCUT2D eigenvalue weighted by Gasteiger charge is -2.35. The first-order chi connectivity index (χ1) is 11.5. The molecule has 5 heteroatoms. The maximum atomic E-state index is 10.5. The minimum Gasteiger partial charge on any atom is -0.497 e. The van der Waals surface area contributed by atoms with Gasteiger partial charge < -0.3 is 25.1 Å². The molecular formula is C19H25NO4. The normalized spacial score (nSPS) is 14.5. The van der Waals surface area contributed by atoms with Crippen LogP contribution in [0.3, 0.4) is 0 Å². The highest BCUT2D eigenvalue weighted by Gasteiger charge is 2.36. The molecule has 0 bridgehead atoms. The van der Waals surface area contributed by atoms with Gasteiger partial charge in [-0.25, -0.2) is 0 Å². The fourth-order valence-electron chi connectivity index (χ4n) is 2.48. The summed E-state index contributed by atoms with van der Waals surface area (Å²) >= 11 is 0. The first-order valence-corrected chi connectivity index (χ1v) is 7.98. The maximum Gasteiger partial charge on any atom is 0.158 e. The fraction of sp³-hybridized carbons (Fsp3) is 0.368. The summed E-state index contributed by atoms with van der Waals surface area (Å²) in [5.74, 6) is 2.14. The molecule has 24 heavy (non-hydrogen) atoms. The zero-order valence-electron chi connectivity index (χ0n) is 14.4. The first kappa shape index (κ1) is 18.1. The number of ether oxygens (including phenoxy) is 3. The zero-order chi connectivity index (χ0) is 17.6. The maximum absolute atomic E-state index is 10.5. The molecule has 0 spiro atoms. The Bertz CT molecular complexity index is 627. The molecule has 0 saturated heterocycles. The van der Waals surface area contributed by atoms with Crippen molar-refractivity contribution in [3.05, 3.63) is 54.1 Å². The number of benzene rings is 2. The quantitative estimate of drug-likeness (QED) is 0.778. The Morgan fingerprint density at radius 1 is 1.00 bits per heavy atom. The lowest BCUT2D eigenvalue weighted by atomic mass is 9.89. The van der Waals surface area contributed by atoms with Crippen molar-refractivity contribution in [1.82, 2.24) is 0 Å². The Kier molecular flexibility index (Phi) is 6.06. The highest BCUT2D eigenvalue weighted by atomic mass is 16.5. The molecule has 0 radical (unpaired) electrons. The molecule has 0 aliphatic heterocycles. The molecule has 2 aromatic carbocycles. The lowest BCUT2D eigenvalue weighted by molar-refractivity contribution is -0.0410. The molecule has 130 valence electrons. The molecule has 0 fully saturated rings. The molecule has 0 aromatic heterocycles. The van der Waals surface area contributed by atoms with E-state index in [0.717, 1.165) is 17.1 Å². The molecule has 0 aliphatic rings. The second kappa shape index (κ2) is 8.04. The van der Waals surface area contributed by atoms with Crippen molar-refractivity contribution < 1.29 is 19.3 Å². The largest absolute Gasteiger partial charge is 0.497 e. The third-order valence-corrected chi connectivity index (χ3v) is 3.99. The van der Waals surface area contributed by atoms with Crippen LogP contribution in [-0.4, -0.2) is 31.5 Å². The molecule has 2 rings (SSSR count). The van der Waals surface area contributed by atoms with Gasteiger partial charge in [0.1, 0.15) is 23.4 Å². The Labute approximate surface area is 143 Å². The van der Waals surface area contributed by atoms with Crippen molar-refractivity contribution in [2.24, 2.45) is 5.73 Å². The van der Waals surface area contributed by atoms with E-state index >= 15 is 0 Å². The van der Waals surface area contributed by atoms with Crippen molar-refractivity contribution in [3.63, 3.8) is 0 Å². The van der Waals surface area contributed by atoms with E-state index < -0.39 is 11.7 Å². The van der Waals surface area contributed by atoms with Crippen molar-refractivity contribution in [3.8, 4) is 17.2 Å². The second-order valence-corrected chi connectivity index (χ2v) is 5.59. The SMILES string of the molecule is CCOc1ccc(C(C)(Oc2ccc(OC)cc2)C(O)CN)cc1. The van der Waals surface area contributed by atoms with Crippen LogP contribution in [0.2, 0.25) is 0 Å². The van der Waals surface area contributed by atoms with E-state index in [1.54, 1.807) is 19.2 Å². The van der Waals surface area contributed by atoms with E-state index in [1.807, 2.05) is 50.2 Å². The van der Waals surface area contributed by atoms with Crippen LogP contribution in [0.15, 0.2) is 48.5 Å². The standard InChI is InChI=1S/C19H25NO4/c1-4-23-16-7-5-14(6-8-16)19(2,18(21)13-20)24-17-11-9-15(22-3)10-12-17/h5-12,18,21H,4,13,20H2,1-3H3. The molecule has 0 heterocycles. The van der Waals surface area contributed by atoms with Crippen LogP contribution in [0.5, 0.6) is 17.2 Å². The highest BCUT2D eigenvalue weighted by Crippen LogP contribution is 2.33. The Balaban J connectivity index is 2.30. The summed E-state index contributed by atoms with van der Waals surface area (Å²) in [5.41, 5.74) is 5.54. The fourth-order valence-corrected chi connectivity index (χ4v) is 2.48. The topological polar surface area (TPSA) is 73.9 Å². The predicted octanol–water partition coefficient (Wildman–Crippen LogP) is 2.71. The van der Waals surface area contributed by atoms with Gasteiger partial charge in [0.25, 0.3) is 0 Å². The monoisotopic (exact) mass is 331 g/mol. The van der Waals surface area contributed by atoms with Crippen LogP contribution in [0.1, 0.15) is 19.4 Å². The molecule has 0 aliphatic carbocycles. The van der Waals surface area contributed by atoms with E-state index in [1.165, 1.54) is 0 Å². The molecule has 5 nitrogen and oxygen atoms in total. The number of hydrogen-bond donors (Lipinski definition) is 2. The van der Waals surface area contributed by atoms with Crippen molar-refractivity contribution in [2.45, 2.75) is 25.6 Å². The van der Waals surface area contributed by atoms with Gasteiger partial charge in [-0.3, -0.25) is 0 Å². The third-order valence-electron chi connectivity index (χ3n) is 3.99. The smallest absolute Gasteiger partial charge is 0.158 e. The summed E-state index contributed by atoms with van der Waals surface area (Å²) in [5, 5.41) is 10.5. The van der Waals surface area contributed by atoms with Gasteiger partial charge in [-0.2, -0.15) is 0 Å². The van der Waals surface area contributed by atoms with Crippen LogP contribution < -0.4 is 19.9 Å². The molecule has 0 saturated carbocycles. The molecule has 3 N–H and O–H groups in total. The number of aliphatic hydroxyl groups excluding tert-OH is 1. The van der Waals surface area contributed by atoms with E-state index in [4.69, 9.17) is 19.9 Å². The van der Waals surface area contributed by atoms with Crippen LogP contribution >= 0.6 is 0 Å². The van der Waals surface area contributed by atoms with Crippen LogP contribution in [0.4, 0.5) is 0 Å². The summed E-state index contributed by atoms with van der Waals surface area (Å²) in [7, 11) is 1.61. The van der Waals surface area contributed by atoms with E-state index in [2.05, 4.69) is 0 Å². The molecular weight excluding hydrogens is 306 g/mol. The number of aliphatic hydroxyl groups is 1. The van der Waals surface area contributed by atoms with Gasteiger partial charge in [0.05, 0.1) is 13.7 Å². The molecule has 2 aromatic rings. The van der Waals surface area contributed by atoms with E-state index in [9.17, 15) is 5.11 Å². The lowest BCUT2D eigenvalue weighted by Crippen LogP contribution is -2.46. The Morgan fingerprint density at radius 2 is 1.54 bits per heavy atom. The van der Waals surface area contributed by atoms with Crippen LogP contribution in [0, 0.1) is 0 Å². The van der Waals surface area contributed by atoms with Gasteiger partial charge in [-0.1, -0.05) is 12.1 Å². The number of hydrogen-bond acceptors (Lipinski definition) is 5. The summed E-state index contributed by atoms with van der Waals surface area (Å²) in [6.07, 6.45) is -0.863. The number of rotatable bonds is 8. The van der Waals surface area contributed by atoms with E-state index in [-0.39, 0.29) is 6.54 Å². The second-order valence-electron chi connectivity index (χ2n) is 5.59. The predicted molar refractivity (Wildman–Crippen MR) is 93.6 cm³/mol. The summed E-state index contributed by atoms with van der Waals surface area (Å²) in [6.45, 7) is 4.44. The van der Waals surface area contributed by atoms with Gasteiger partial charge in [0.15, 0.2) is 5.60 Å².